The predicted octanol–water partition coefficient (Wildman–Crippen LogP) is 1.89. The molecular formula is C14H9NO4S. The molecule has 20 heavy (non-hydrogen) atoms. The van der Waals surface area contributed by atoms with Crippen LogP contribution in [0.3, 0.4) is 0 Å². The number of ether oxygens (including phenoxy) is 1. The molecule has 0 amide bonds. The standard InChI is InChI=1S/C14H9NO4S/c1-19-14(18)13-9(15)8-10(16)6-4-2-3-5-7(6)11(17)12(8)20-13/h2-5H,15H2,1H3. The lowest BCUT2D eigenvalue weighted by Crippen LogP contribution is -2.19. The van der Waals surface area contributed by atoms with E-state index in [1.165, 1.54) is 7.11 Å². The number of carbonyl (C=O) groups excluding carboxylic acids is 3. The Kier molecular flexibility index (Phi) is 2.69. The lowest BCUT2D eigenvalue weighted by molar-refractivity contribution is 0.0607. The van der Waals surface area contributed by atoms with Gasteiger partial charge < -0.3 is 10.5 Å². The summed E-state index contributed by atoms with van der Waals surface area (Å²) in [5, 5.41) is 0. The summed E-state index contributed by atoms with van der Waals surface area (Å²) in [6.07, 6.45) is 0. The van der Waals surface area contributed by atoms with E-state index in [4.69, 9.17) is 5.73 Å². The Morgan fingerprint density at radius 2 is 1.75 bits per heavy atom. The second-order valence-electron chi connectivity index (χ2n) is 4.24. The topological polar surface area (TPSA) is 86.5 Å². The fourth-order valence-electron chi connectivity index (χ4n) is 2.21. The number of hydrogen-bond donors (Lipinski definition) is 1. The Morgan fingerprint density at radius 3 is 2.35 bits per heavy atom. The molecule has 0 saturated carbocycles. The highest BCUT2D eigenvalue weighted by molar-refractivity contribution is 7.17. The molecule has 2 N–H and O–H groups in total. The zero-order chi connectivity index (χ0) is 14.4. The lowest BCUT2D eigenvalue weighted by Gasteiger charge is -2.13. The van der Waals surface area contributed by atoms with Gasteiger partial charge in [-0.05, 0) is 0 Å². The van der Waals surface area contributed by atoms with E-state index >= 15 is 0 Å². The number of anilines is 1. The molecule has 0 radical (unpaired) electrons. The smallest absolute Gasteiger partial charge is 0.350 e. The van der Waals surface area contributed by atoms with E-state index in [1.54, 1.807) is 24.3 Å². The van der Waals surface area contributed by atoms with E-state index in [0.717, 1.165) is 11.3 Å². The minimum absolute atomic E-state index is 0.0182. The van der Waals surface area contributed by atoms with Crippen molar-refractivity contribution in [2.45, 2.75) is 0 Å². The highest BCUT2D eigenvalue weighted by Gasteiger charge is 2.36. The second kappa shape index (κ2) is 4.28. The number of ketones is 2. The van der Waals surface area contributed by atoms with Gasteiger partial charge in [-0.15, -0.1) is 11.3 Å². The molecule has 5 nitrogen and oxygen atoms in total. The Labute approximate surface area is 118 Å². The van der Waals surface area contributed by atoms with Crippen molar-refractivity contribution in [1.29, 1.82) is 0 Å². The van der Waals surface area contributed by atoms with Gasteiger partial charge >= 0.3 is 5.97 Å². The van der Waals surface area contributed by atoms with Crippen LogP contribution in [0.1, 0.15) is 40.8 Å². The summed E-state index contributed by atoms with van der Waals surface area (Å²) in [5.41, 5.74) is 6.62. The van der Waals surface area contributed by atoms with Crippen LogP contribution in [0.4, 0.5) is 5.69 Å². The summed E-state index contributed by atoms with van der Waals surface area (Å²) in [5.74, 6) is -1.27. The van der Waals surface area contributed by atoms with Crippen molar-refractivity contribution in [3.05, 3.63) is 50.7 Å². The van der Waals surface area contributed by atoms with Gasteiger partial charge in [-0.2, -0.15) is 0 Å². The second-order valence-corrected chi connectivity index (χ2v) is 5.27. The molecule has 1 heterocycles. The maximum atomic E-state index is 12.4. The maximum absolute atomic E-state index is 12.4. The van der Waals surface area contributed by atoms with Crippen LogP contribution in [-0.4, -0.2) is 24.6 Å². The zero-order valence-electron chi connectivity index (χ0n) is 10.4. The molecule has 0 spiro atoms. The number of nitrogen functional groups attached to an aromatic ring is 1. The molecule has 3 rings (SSSR count). The highest BCUT2D eigenvalue weighted by atomic mass is 32.1. The Balaban J connectivity index is 2.28. The van der Waals surface area contributed by atoms with Crippen LogP contribution in [0.2, 0.25) is 0 Å². The zero-order valence-corrected chi connectivity index (χ0v) is 11.2. The first-order valence-corrected chi connectivity index (χ1v) is 6.57. The summed E-state index contributed by atoms with van der Waals surface area (Å²) in [6.45, 7) is 0. The first kappa shape index (κ1) is 12.6. The minimum Gasteiger partial charge on any atom is -0.465 e. The van der Waals surface area contributed by atoms with Crippen LogP contribution in [0, 0.1) is 0 Å². The number of carbonyl (C=O) groups is 3. The molecule has 0 bridgehead atoms. The SMILES string of the molecule is COC(=O)c1sc2c(c1N)C(=O)c1ccccc1C2=O. The third kappa shape index (κ3) is 1.51. The number of hydrogen-bond acceptors (Lipinski definition) is 6. The van der Waals surface area contributed by atoms with Crippen LogP contribution in [0.15, 0.2) is 24.3 Å². The van der Waals surface area contributed by atoms with Crippen molar-refractivity contribution in [1.82, 2.24) is 0 Å². The third-order valence-corrected chi connectivity index (χ3v) is 4.35. The Bertz CT molecular complexity index is 775. The summed E-state index contributed by atoms with van der Waals surface area (Å²) < 4.78 is 4.61. The predicted molar refractivity (Wildman–Crippen MR) is 73.4 cm³/mol. The molecule has 1 aromatic carbocycles. The van der Waals surface area contributed by atoms with Gasteiger partial charge in [-0.1, -0.05) is 24.3 Å². The number of nitrogens with two attached hydrogens (primary N) is 1. The van der Waals surface area contributed by atoms with E-state index < -0.39 is 5.97 Å². The summed E-state index contributed by atoms with van der Waals surface area (Å²) in [7, 11) is 1.22. The van der Waals surface area contributed by atoms with Crippen molar-refractivity contribution >= 4 is 34.6 Å². The molecular weight excluding hydrogens is 278 g/mol. The van der Waals surface area contributed by atoms with E-state index in [1.807, 2.05) is 0 Å². The molecule has 0 aliphatic heterocycles. The van der Waals surface area contributed by atoms with Gasteiger partial charge in [0.1, 0.15) is 4.88 Å². The number of benzene rings is 1. The van der Waals surface area contributed by atoms with Crippen LogP contribution >= 0.6 is 11.3 Å². The molecule has 0 fully saturated rings. The van der Waals surface area contributed by atoms with Gasteiger partial charge in [0, 0.05) is 11.1 Å². The van der Waals surface area contributed by atoms with Gasteiger partial charge in [0.2, 0.25) is 5.78 Å². The van der Waals surface area contributed by atoms with E-state index in [-0.39, 0.29) is 32.6 Å². The largest absolute Gasteiger partial charge is 0.465 e. The van der Waals surface area contributed by atoms with Gasteiger partial charge in [-0.3, -0.25) is 9.59 Å². The van der Waals surface area contributed by atoms with E-state index in [2.05, 4.69) is 4.74 Å². The molecule has 6 heteroatoms. The number of methoxy groups -OCH3 is 1. The van der Waals surface area contributed by atoms with Crippen LogP contribution < -0.4 is 5.73 Å². The van der Waals surface area contributed by atoms with Crippen molar-refractivity contribution in [3.8, 4) is 0 Å². The van der Waals surface area contributed by atoms with Crippen molar-refractivity contribution in [3.63, 3.8) is 0 Å². The minimum atomic E-state index is -0.647. The molecule has 1 aliphatic rings. The Morgan fingerprint density at radius 1 is 1.15 bits per heavy atom. The first-order chi connectivity index (χ1) is 9.56. The first-order valence-electron chi connectivity index (χ1n) is 5.75. The van der Waals surface area contributed by atoms with Crippen molar-refractivity contribution in [2.24, 2.45) is 0 Å². The average Bonchev–Trinajstić information content (AvgIpc) is 2.82. The van der Waals surface area contributed by atoms with Crippen molar-refractivity contribution in [2.75, 3.05) is 12.8 Å². The molecule has 0 atom stereocenters. The fraction of sp³-hybridized carbons (Fsp3) is 0.0714. The summed E-state index contributed by atoms with van der Waals surface area (Å²) in [6, 6.07) is 6.53. The van der Waals surface area contributed by atoms with Crippen molar-refractivity contribution < 1.29 is 19.1 Å². The van der Waals surface area contributed by atoms with Gasteiger partial charge in [0.25, 0.3) is 0 Å². The molecule has 1 aliphatic carbocycles. The number of rotatable bonds is 1. The molecule has 0 saturated heterocycles. The molecule has 0 unspecified atom stereocenters. The summed E-state index contributed by atoms with van der Waals surface area (Å²) in [4.78, 5) is 36.7. The number of thiophene rings is 1. The van der Waals surface area contributed by atoms with Crippen LogP contribution in [-0.2, 0) is 4.74 Å². The van der Waals surface area contributed by atoms with Gasteiger partial charge in [0.05, 0.1) is 23.2 Å². The molecule has 100 valence electrons. The van der Waals surface area contributed by atoms with Gasteiger partial charge in [-0.25, -0.2) is 4.79 Å². The number of esters is 1. The molecule has 1 aromatic heterocycles. The van der Waals surface area contributed by atoms with E-state index in [0.29, 0.717) is 11.1 Å². The lowest BCUT2D eigenvalue weighted by atomic mass is 9.88. The maximum Gasteiger partial charge on any atom is 0.350 e. The quantitative estimate of drug-likeness (QED) is 0.691. The monoisotopic (exact) mass is 287 g/mol. The van der Waals surface area contributed by atoms with Crippen LogP contribution in [0.25, 0.3) is 0 Å². The fourth-order valence-corrected chi connectivity index (χ4v) is 3.30. The Hall–Kier alpha value is -2.47. The summed E-state index contributed by atoms with van der Waals surface area (Å²) >= 11 is 0.900. The normalized spacial score (nSPS) is 12.8. The highest BCUT2D eigenvalue weighted by Crippen LogP contribution is 2.38. The van der Waals surface area contributed by atoms with Gasteiger partial charge in [0.15, 0.2) is 5.78 Å². The number of fused-ring (bicyclic) bond motifs is 2. The van der Waals surface area contributed by atoms with Crippen LogP contribution in [0.5, 0.6) is 0 Å². The van der Waals surface area contributed by atoms with E-state index in [9.17, 15) is 14.4 Å². The third-order valence-electron chi connectivity index (χ3n) is 3.17. The average molecular weight is 287 g/mol. The molecule has 2 aromatic rings.